The van der Waals surface area contributed by atoms with E-state index in [1.54, 1.807) is 0 Å². The zero-order chi connectivity index (χ0) is 11.5. The SMILES string of the molecule is C#CCOc1cc(C(F)(F)F)ccc1F. The van der Waals surface area contributed by atoms with Gasteiger partial charge in [-0.25, -0.2) is 4.39 Å². The Bertz CT molecular complexity index is 389. The van der Waals surface area contributed by atoms with Gasteiger partial charge in [0.25, 0.3) is 0 Å². The highest BCUT2D eigenvalue weighted by Crippen LogP contribution is 2.32. The van der Waals surface area contributed by atoms with Gasteiger partial charge in [-0.3, -0.25) is 0 Å². The van der Waals surface area contributed by atoms with E-state index in [2.05, 4.69) is 4.74 Å². The molecule has 0 aliphatic rings. The smallest absolute Gasteiger partial charge is 0.416 e. The molecule has 0 aliphatic carbocycles. The molecule has 0 N–H and O–H groups in total. The van der Waals surface area contributed by atoms with Gasteiger partial charge in [-0.2, -0.15) is 13.2 Å². The molecule has 0 unspecified atom stereocenters. The van der Waals surface area contributed by atoms with Crippen LogP contribution in [0.2, 0.25) is 0 Å². The topological polar surface area (TPSA) is 9.23 Å². The molecule has 0 bridgehead atoms. The molecular formula is C10H6F4O. The quantitative estimate of drug-likeness (QED) is 0.547. The lowest BCUT2D eigenvalue weighted by Crippen LogP contribution is -2.06. The normalized spacial score (nSPS) is 10.9. The fourth-order valence-electron chi connectivity index (χ4n) is 0.910. The van der Waals surface area contributed by atoms with Gasteiger partial charge in [-0.05, 0) is 18.2 Å². The summed E-state index contributed by atoms with van der Waals surface area (Å²) in [4.78, 5) is 0. The highest BCUT2D eigenvalue weighted by molar-refractivity contribution is 5.32. The minimum absolute atomic E-state index is 0.280. The van der Waals surface area contributed by atoms with Gasteiger partial charge in [0.15, 0.2) is 11.6 Å². The van der Waals surface area contributed by atoms with Crippen molar-refractivity contribution in [2.24, 2.45) is 0 Å². The molecule has 5 heteroatoms. The van der Waals surface area contributed by atoms with E-state index in [1.165, 1.54) is 0 Å². The summed E-state index contributed by atoms with van der Waals surface area (Å²) in [5, 5.41) is 0. The van der Waals surface area contributed by atoms with Crippen LogP contribution < -0.4 is 4.74 Å². The molecule has 80 valence electrons. The van der Waals surface area contributed by atoms with Gasteiger partial charge in [-0.1, -0.05) is 5.92 Å². The van der Waals surface area contributed by atoms with E-state index in [-0.39, 0.29) is 6.61 Å². The van der Waals surface area contributed by atoms with Gasteiger partial charge in [0.1, 0.15) is 6.61 Å². The van der Waals surface area contributed by atoms with Crippen LogP contribution in [0.1, 0.15) is 5.56 Å². The number of ether oxygens (including phenoxy) is 1. The zero-order valence-electron chi connectivity index (χ0n) is 7.44. The summed E-state index contributed by atoms with van der Waals surface area (Å²) >= 11 is 0. The van der Waals surface area contributed by atoms with Crippen molar-refractivity contribution in [1.82, 2.24) is 0 Å². The number of hydrogen-bond donors (Lipinski definition) is 0. The Labute approximate surface area is 83.7 Å². The number of halogens is 4. The number of benzene rings is 1. The van der Waals surface area contributed by atoms with Crippen LogP contribution in [0, 0.1) is 18.2 Å². The molecule has 15 heavy (non-hydrogen) atoms. The van der Waals surface area contributed by atoms with Crippen LogP contribution in [-0.2, 0) is 6.18 Å². The summed E-state index contributed by atoms with van der Waals surface area (Å²) in [6.07, 6.45) is 0.305. The molecule has 0 aliphatic heterocycles. The molecule has 0 aromatic heterocycles. The van der Waals surface area contributed by atoms with E-state index < -0.39 is 23.3 Å². The van der Waals surface area contributed by atoms with Crippen molar-refractivity contribution in [3.63, 3.8) is 0 Å². The highest BCUT2D eigenvalue weighted by Gasteiger charge is 2.31. The Morgan fingerprint density at radius 1 is 1.33 bits per heavy atom. The minimum Gasteiger partial charge on any atom is -0.478 e. The van der Waals surface area contributed by atoms with Gasteiger partial charge in [0.2, 0.25) is 0 Å². The van der Waals surface area contributed by atoms with Crippen LogP contribution in [0.3, 0.4) is 0 Å². The molecule has 1 aromatic carbocycles. The van der Waals surface area contributed by atoms with Gasteiger partial charge < -0.3 is 4.74 Å². The maximum absolute atomic E-state index is 12.9. The summed E-state index contributed by atoms with van der Waals surface area (Å²) in [7, 11) is 0. The van der Waals surface area contributed by atoms with Gasteiger partial charge >= 0.3 is 6.18 Å². The van der Waals surface area contributed by atoms with Crippen molar-refractivity contribution < 1.29 is 22.3 Å². The second-order valence-corrected chi connectivity index (χ2v) is 2.64. The third-order valence-corrected chi connectivity index (χ3v) is 1.57. The molecule has 0 saturated heterocycles. The minimum atomic E-state index is -4.53. The van der Waals surface area contributed by atoms with E-state index in [4.69, 9.17) is 6.42 Å². The van der Waals surface area contributed by atoms with Gasteiger partial charge in [-0.15, -0.1) is 6.42 Å². The molecule has 0 heterocycles. The number of terminal acetylenes is 1. The number of hydrogen-bond acceptors (Lipinski definition) is 1. The van der Waals surface area contributed by atoms with E-state index in [0.717, 1.165) is 0 Å². The van der Waals surface area contributed by atoms with Crippen molar-refractivity contribution >= 4 is 0 Å². The highest BCUT2D eigenvalue weighted by atomic mass is 19.4. The summed E-state index contributed by atoms with van der Waals surface area (Å²) in [6.45, 7) is -0.280. The Kier molecular flexibility index (Phi) is 3.20. The number of alkyl halides is 3. The maximum Gasteiger partial charge on any atom is 0.416 e. The van der Waals surface area contributed by atoms with Crippen LogP contribution in [0.15, 0.2) is 18.2 Å². The maximum atomic E-state index is 12.9. The molecule has 1 aromatic rings. The fourth-order valence-corrected chi connectivity index (χ4v) is 0.910. The first-order chi connectivity index (χ1) is 6.95. The van der Waals surface area contributed by atoms with E-state index in [9.17, 15) is 17.6 Å². The molecule has 1 rings (SSSR count). The standard InChI is InChI=1S/C10H6F4O/c1-2-5-15-9-6-7(10(12,13)14)3-4-8(9)11/h1,3-4,6H,5H2. The van der Waals surface area contributed by atoms with Crippen molar-refractivity contribution in [3.8, 4) is 18.1 Å². The summed E-state index contributed by atoms with van der Waals surface area (Å²) in [5.41, 5.74) is -0.976. The van der Waals surface area contributed by atoms with E-state index in [1.807, 2.05) is 5.92 Å². The lowest BCUT2D eigenvalue weighted by atomic mass is 10.2. The lowest BCUT2D eigenvalue weighted by Gasteiger charge is -2.09. The fraction of sp³-hybridized carbons (Fsp3) is 0.200. The Balaban J connectivity index is 3.01. The summed E-state index contributed by atoms with van der Waals surface area (Å²) < 4.78 is 54.1. The number of rotatable bonds is 2. The van der Waals surface area contributed by atoms with Crippen LogP contribution in [0.4, 0.5) is 17.6 Å². The van der Waals surface area contributed by atoms with Crippen molar-refractivity contribution in [2.45, 2.75) is 6.18 Å². The third kappa shape index (κ3) is 2.88. The molecular weight excluding hydrogens is 212 g/mol. The molecule has 0 spiro atoms. The first kappa shape index (κ1) is 11.4. The van der Waals surface area contributed by atoms with Crippen LogP contribution >= 0.6 is 0 Å². The van der Waals surface area contributed by atoms with Gasteiger partial charge in [0.05, 0.1) is 5.56 Å². The van der Waals surface area contributed by atoms with Crippen LogP contribution in [0.25, 0.3) is 0 Å². The monoisotopic (exact) mass is 218 g/mol. The lowest BCUT2D eigenvalue weighted by molar-refractivity contribution is -0.137. The Morgan fingerprint density at radius 2 is 2.00 bits per heavy atom. The molecule has 0 radical (unpaired) electrons. The molecule has 0 atom stereocenters. The predicted molar refractivity (Wildman–Crippen MR) is 45.7 cm³/mol. The third-order valence-electron chi connectivity index (χ3n) is 1.57. The largest absolute Gasteiger partial charge is 0.478 e. The second kappa shape index (κ2) is 4.22. The average Bonchev–Trinajstić information content (AvgIpc) is 2.15. The van der Waals surface area contributed by atoms with Crippen molar-refractivity contribution in [1.29, 1.82) is 0 Å². The summed E-state index contributed by atoms with van der Waals surface area (Å²) in [6, 6.07) is 1.90. The Morgan fingerprint density at radius 3 is 2.53 bits per heavy atom. The van der Waals surface area contributed by atoms with E-state index in [0.29, 0.717) is 18.2 Å². The van der Waals surface area contributed by atoms with E-state index >= 15 is 0 Å². The van der Waals surface area contributed by atoms with Crippen molar-refractivity contribution in [2.75, 3.05) is 6.61 Å². The summed E-state index contributed by atoms with van der Waals surface area (Å²) in [5.74, 6) is 0.657. The van der Waals surface area contributed by atoms with Crippen molar-refractivity contribution in [3.05, 3.63) is 29.6 Å². The van der Waals surface area contributed by atoms with Crippen LogP contribution in [0.5, 0.6) is 5.75 Å². The van der Waals surface area contributed by atoms with Gasteiger partial charge in [0, 0.05) is 0 Å². The zero-order valence-corrected chi connectivity index (χ0v) is 7.44. The first-order valence-corrected chi connectivity index (χ1v) is 3.88. The Hall–Kier alpha value is -1.70. The predicted octanol–water partition coefficient (Wildman–Crippen LogP) is 2.86. The molecule has 0 saturated carbocycles. The first-order valence-electron chi connectivity index (χ1n) is 3.88. The van der Waals surface area contributed by atoms with Crippen LogP contribution in [-0.4, -0.2) is 6.61 Å². The average molecular weight is 218 g/mol. The molecule has 0 amide bonds. The molecule has 0 fully saturated rings. The molecule has 1 nitrogen and oxygen atoms in total. The second-order valence-electron chi connectivity index (χ2n) is 2.64.